The number of carbonyl (C=O) groups is 2. The number of rotatable bonds is 4. The molecule has 1 aromatic carbocycles. The van der Waals surface area contributed by atoms with Crippen molar-refractivity contribution >= 4 is 33.7 Å². The van der Waals surface area contributed by atoms with Crippen LogP contribution in [0.4, 0.5) is 4.79 Å². The molecular weight excluding hydrogens is 417 g/mol. The Bertz CT molecular complexity index is 1070. The van der Waals surface area contributed by atoms with Gasteiger partial charge in [0.2, 0.25) is 16.3 Å². The molecule has 1 aromatic heterocycles. The Morgan fingerprint density at radius 3 is 2.64 bits per heavy atom. The van der Waals surface area contributed by atoms with Crippen molar-refractivity contribution in [2.45, 2.75) is 19.0 Å². The number of hydrogen-bond acceptors (Lipinski definition) is 7. The molecule has 142 valence electrons. The molecule has 2 N–H and O–H groups in total. The molecule has 28 heavy (non-hydrogen) atoms. The third-order valence-electron chi connectivity index (χ3n) is 4.65. The maximum atomic E-state index is 12.5. The zero-order valence-electron chi connectivity index (χ0n) is 15.0. The molecule has 0 radical (unpaired) electrons. The van der Waals surface area contributed by atoms with Crippen molar-refractivity contribution in [2.24, 2.45) is 5.73 Å². The minimum absolute atomic E-state index is 0. The van der Waals surface area contributed by atoms with Gasteiger partial charge in [0.05, 0.1) is 6.54 Å². The second-order valence-electron chi connectivity index (χ2n) is 6.31. The molecule has 1 fully saturated rings. The van der Waals surface area contributed by atoms with Crippen molar-refractivity contribution in [3.05, 3.63) is 46.3 Å². The van der Waals surface area contributed by atoms with E-state index < -0.39 is 34.4 Å². The number of primary amides is 1. The fourth-order valence-electron chi connectivity index (χ4n) is 3.52. The molecule has 1 saturated heterocycles. The molecule has 4 rings (SSSR count). The van der Waals surface area contributed by atoms with E-state index in [0.717, 1.165) is 20.9 Å². The van der Waals surface area contributed by atoms with Crippen LogP contribution in [0, 0.1) is 6.92 Å². The van der Waals surface area contributed by atoms with Crippen LogP contribution in [0.5, 0.6) is 0 Å². The summed E-state index contributed by atoms with van der Waals surface area (Å²) in [5, 5.41) is 0.512. The predicted octanol–water partition coefficient (Wildman–Crippen LogP) is -1.56. The summed E-state index contributed by atoms with van der Waals surface area (Å²) < 4.78 is 37.5. The Balaban J connectivity index is 0.00000225. The molecule has 9 nitrogen and oxygen atoms in total. The summed E-state index contributed by atoms with van der Waals surface area (Å²) in [4.78, 5) is 27.0. The molecule has 2 atom stereocenters. The van der Waals surface area contributed by atoms with Crippen molar-refractivity contribution in [3.8, 4) is 10.4 Å². The van der Waals surface area contributed by atoms with Crippen molar-refractivity contribution in [1.29, 1.82) is 0 Å². The fourth-order valence-corrected chi connectivity index (χ4v) is 5.31. The molecule has 3 heterocycles. The quantitative estimate of drug-likeness (QED) is 0.354. The van der Waals surface area contributed by atoms with Crippen LogP contribution < -0.4 is 35.3 Å². The first-order valence-corrected chi connectivity index (χ1v) is 10.1. The Hall–Kier alpha value is -1.47. The summed E-state index contributed by atoms with van der Waals surface area (Å²) in [6, 6.07) is 6.68. The number of nitrogens with zero attached hydrogens (tertiary/aromatic N) is 2. The maximum Gasteiger partial charge on any atom is 1.00 e. The number of carbonyl (C=O) groups excluding carboxylic acids is 2. The summed E-state index contributed by atoms with van der Waals surface area (Å²) in [5.41, 5.74) is 8.03. The first-order chi connectivity index (χ1) is 12.7. The van der Waals surface area contributed by atoms with E-state index in [2.05, 4.69) is 4.28 Å². The van der Waals surface area contributed by atoms with Gasteiger partial charge in [0, 0.05) is 9.75 Å². The Labute approximate surface area is 187 Å². The van der Waals surface area contributed by atoms with E-state index in [4.69, 9.17) is 5.73 Å². The number of aryl methyl sites for hydroxylation is 1. The second kappa shape index (κ2) is 7.41. The SMILES string of the molecule is Cc1ccccc1-c1cc2c(s1)C(C(N)=O)N1CC2N(OS(=O)(=O)[O-])C1=O.[Na+]. The normalized spacial score (nSPS) is 20.7. The summed E-state index contributed by atoms with van der Waals surface area (Å²) in [5.74, 6) is -0.743. The number of hydrogen-bond donors (Lipinski definition) is 1. The second-order valence-corrected chi connectivity index (χ2v) is 8.36. The maximum absolute atomic E-state index is 12.5. The third-order valence-corrected chi connectivity index (χ3v) is 6.23. The van der Waals surface area contributed by atoms with Crippen LogP contribution >= 0.6 is 11.3 Å². The number of thiophene rings is 1. The Kier molecular flexibility index (Phi) is 5.62. The van der Waals surface area contributed by atoms with Gasteiger partial charge in [-0.3, -0.25) is 4.79 Å². The van der Waals surface area contributed by atoms with Crippen LogP contribution in [0.25, 0.3) is 10.4 Å². The standard InChI is InChI=1S/C16H15N3O6S2.Na/c1-8-4-2-3-5-9(8)12-6-10-11-7-18(13(15(17)20)14(10)26-12)16(21)19(11)25-27(22,23)24;/h2-6,11,13H,7H2,1H3,(H2,17,20)(H,22,23,24);/q;+1/p-1. The third kappa shape index (κ3) is 3.47. The largest absolute Gasteiger partial charge is 1.00 e. The van der Waals surface area contributed by atoms with Gasteiger partial charge in [0.25, 0.3) is 0 Å². The van der Waals surface area contributed by atoms with Crippen LogP contribution in [-0.2, 0) is 19.5 Å². The van der Waals surface area contributed by atoms with Gasteiger partial charge in [-0.25, -0.2) is 13.2 Å². The summed E-state index contributed by atoms with van der Waals surface area (Å²) in [6.07, 6.45) is 0. The Morgan fingerprint density at radius 2 is 2.04 bits per heavy atom. The molecule has 0 saturated carbocycles. The number of hydroxylamine groups is 2. The minimum Gasteiger partial charge on any atom is -0.724 e. The molecule has 3 amide bonds. The van der Waals surface area contributed by atoms with E-state index in [-0.39, 0.29) is 36.1 Å². The van der Waals surface area contributed by atoms with Crippen LogP contribution in [-0.4, -0.2) is 41.4 Å². The molecule has 0 spiro atoms. The van der Waals surface area contributed by atoms with Crippen LogP contribution in [0.15, 0.2) is 30.3 Å². The number of nitrogens with two attached hydrogens (primary N) is 1. The topological polar surface area (TPSA) is 133 Å². The van der Waals surface area contributed by atoms with E-state index in [1.807, 2.05) is 31.2 Å². The van der Waals surface area contributed by atoms with Gasteiger partial charge in [-0.1, -0.05) is 24.3 Å². The summed E-state index contributed by atoms with van der Waals surface area (Å²) in [6.45, 7) is 1.94. The molecule has 12 heteroatoms. The van der Waals surface area contributed by atoms with Crippen molar-refractivity contribution < 1.29 is 56.4 Å². The smallest absolute Gasteiger partial charge is 0.724 e. The van der Waals surface area contributed by atoms with E-state index in [1.165, 1.54) is 11.3 Å². The van der Waals surface area contributed by atoms with Gasteiger partial charge in [-0.15, -0.1) is 11.3 Å². The van der Waals surface area contributed by atoms with E-state index in [0.29, 0.717) is 15.5 Å². The van der Waals surface area contributed by atoms with Gasteiger partial charge >= 0.3 is 35.6 Å². The van der Waals surface area contributed by atoms with Crippen LogP contribution in [0.2, 0.25) is 0 Å². The zero-order valence-corrected chi connectivity index (χ0v) is 18.6. The fraction of sp³-hybridized carbons (Fsp3) is 0.250. The van der Waals surface area contributed by atoms with Crippen molar-refractivity contribution in [3.63, 3.8) is 0 Å². The average Bonchev–Trinajstić information content (AvgIpc) is 3.11. The molecular formula is C16H14N3NaO6S2. The van der Waals surface area contributed by atoms with Gasteiger partial charge in [-0.2, -0.15) is 9.35 Å². The van der Waals surface area contributed by atoms with Gasteiger partial charge in [0.15, 0.2) is 0 Å². The number of urea groups is 1. The van der Waals surface area contributed by atoms with Gasteiger partial charge < -0.3 is 15.2 Å². The number of fused-ring (bicyclic) bond motifs is 4. The number of amides is 3. The zero-order chi connectivity index (χ0) is 19.5. The molecule has 2 aliphatic heterocycles. The van der Waals surface area contributed by atoms with E-state index in [1.54, 1.807) is 6.07 Å². The summed E-state index contributed by atoms with van der Waals surface area (Å²) in [7, 11) is -5.16. The molecule has 2 aromatic rings. The predicted molar refractivity (Wildman–Crippen MR) is 93.9 cm³/mol. The molecule has 2 unspecified atom stereocenters. The average molecular weight is 431 g/mol. The van der Waals surface area contributed by atoms with Gasteiger partial charge in [-0.05, 0) is 29.7 Å². The van der Waals surface area contributed by atoms with E-state index in [9.17, 15) is 22.6 Å². The molecule has 2 bridgehead atoms. The first-order valence-electron chi connectivity index (χ1n) is 7.91. The summed E-state index contributed by atoms with van der Waals surface area (Å²) >= 11 is 1.30. The first kappa shape index (κ1) is 21.2. The van der Waals surface area contributed by atoms with Crippen molar-refractivity contribution in [2.75, 3.05) is 6.54 Å². The van der Waals surface area contributed by atoms with Crippen LogP contribution in [0.1, 0.15) is 28.1 Å². The van der Waals surface area contributed by atoms with Crippen LogP contribution in [0.3, 0.4) is 0 Å². The minimum atomic E-state index is -5.16. The van der Waals surface area contributed by atoms with E-state index >= 15 is 0 Å². The van der Waals surface area contributed by atoms with Crippen molar-refractivity contribution in [1.82, 2.24) is 9.96 Å². The van der Waals surface area contributed by atoms with Gasteiger partial charge in [0.1, 0.15) is 12.1 Å². The number of benzene rings is 1. The molecule has 2 aliphatic rings. The Morgan fingerprint density at radius 1 is 1.36 bits per heavy atom. The monoisotopic (exact) mass is 431 g/mol. The molecule has 0 aliphatic carbocycles.